The first-order chi connectivity index (χ1) is 9.74. The highest BCUT2D eigenvalue weighted by atomic mass is 16.6. The Balaban J connectivity index is 1.82. The Labute approximate surface area is 129 Å². The maximum Gasteiger partial charge on any atom is 0.410 e. The average Bonchev–Trinajstić information content (AvgIpc) is 2.66. The molecule has 2 saturated heterocycles. The zero-order valence-electron chi connectivity index (χ0n) is 14.2. The van der Waals surface area contributed by atoms with Gasteiger partial charge in [-0.1, -0.05) is 0 Å². The Morgan fingerprint density at radius 1 is 1.24 bits per heavy atom. The molecule has 5 heteroatoms. The zero-order valence-corrected chi connectivity index (χ0v) is 14.2. The second-order valence-electron chi connectivity index (χ2n) is 7.65. The van der Waals surface area contributed by atoms with Gasteiger partial charge in [0.2, 0.25) is 0 Å². The maximum atomic E-state index is 12.2. The minimum atomic E-state index is -0.416. The fourth-order valence-corrected chi connectivity index (χ4v) is 3.25. The van der Waals surface area contributed by atoms with E-state index in [1.165, 1.54) is 6.42 Å². The minimum Gasteiger partial charge on any atom is -0.444 e. The van der Waals surface area contributed by atoms with Crippen molar-refractivity contribution in [2.45, 2.75) is 70.7 Å². The van der Waals surface area contributed by atoms with Gasteiger partial charge in [-0.3, -0.25) is 0 Å². The molecule has 2 heterocycles. The topological polar surface area (TPSA) is 44.8 Å². The van der Waals surface area contributed by atoms with E-state index in [1.807, 2.05) is 25.7 Å². The van der Waals surface area contributed by atoms with Crippen molar-refractivity contribution in [3.63, 3.8) is 0 Å². The number of ether oxygens (including phenoxy) is 1. The predicted molar refractivity (Wildman–Crippen MR) is 84.5 cm³/mol. The fourth-order valence-electron chi connectivity index (χ4n) is 3.25. The number of piperidine rings is 1. The van der Waals surface area contributed by atoms with Gasteiger partial charge in [0.25, 0.3) is 0 Å². The van der Waals surface area contributed by atoms with Crippen LogP contribution in [0.15, 0.2) is 0 Å². The van der Waals surface area contributed by atoms with E-state index in [-0.39, 0.29) is 6.09 Å². The van der Waals surface area contributed by atoms with Crippen molar-refractivity contribution in [3.05, 3.63) is 0 Å². The summed E-state index contributed by atoms with van der Waals surface area (Å²) in [4.78, 5) is 16.4. The van der Waals surface area contributed by atoms with Crippen LogP contribution in [0.3, 0.4) is 0 Å². The number of nitrogens with zero attached hydrogens (tertiary/aromatic N) is 2. The van der Waals surface area contributed by atoms with Crippen LogP contribution in [0.5, 0.6) is 0 Å². The van der Waals surface area contributed by atoms with Crippen LogP contribution < -0.4 is 5.32 Å². The molecule has 2 fully saturated rings. The molecular formula is C16H31N3O2. The largest absolute Gasteiger partial charge is 0.444 e. The molecule has 0 spiro atoms. The molecule has 0 saturated carbocycles. The normalized spacial score (nSPS) is 31.5. The van der Waals surface area contributed by atoms with E-state index in [0.29, 0.717) is 18.1 Å². The molecular weight excluding hydrogens is 266 g/mol. The standard InChI is InChI=1S/C16H31N3O2/c1-12-9-14(10-18(12)5)17-13-7-6-8-19(11-13)15(20)21-16(2,3)4/h12-14,17H,6-11H2,1-5H3. The van der Waals surface area contributed by atoms with E-state index < -0.39 is 5.60 Å². The first-order valence-corrected chi connectivity index (χ1v) is 8.19. The lowest BCUT2D eigenvalue weighted by Gasteiger charge is -2.35. The molecule has 3 unspecified atom stereocenters. The summed E-state index contributed by atoms with van der Waals surface area (Å²) in [6.45, 7) is 10.7. The third kappa shape index (κ3) is 4.85. The Hall–Kier alpha value is -0.810. The van der Waals surface area contributed by atoms with Gasteiger partial charge in [0.05, 0.1) is 0 Å². The first kappa shape index (κ1) is 16.6. The van der Waals surface area contributed by atoms with E-state index in [0.717, 1.165) is 32.5 Å². The monoisotopic (exact) mass is 297 g/mol. The minimum absolute atomic E-state index is 0.175. The van der Waals surface area contributed by atoms with Crippen LogP contribution in [0.1, 0.15) is 47.0 Å². The Bertz CT molecular complexity index is 357. The first-order valence-electron chi connectivity index (χ1n) is 8.19. The van der Waals surface area contributed by atoms with Crippen molar-refractivity contribution < 1.29 is 9.53 Å². The number of amides is 1. The van der Waals surface area contributed by atoms with Gasteiger partial charge in [-0.2, -0.15) is 0 Å². The molecule has 0 aromatic carbocycles. The van der Waals surface area contributed by atoms with Gasteiger partial charge in [-0.25, -0.2) is 4.79 Å². The summed E-state index contributed by atoms with van der Waals surface area (Å²) >= 11 is 0. The summed E-state index contributed by atoms with van der Waals surface area (Å²) in [6, 6.07) is 1.59. The quantitative estimate of drug-likeness (QED) is 0.847. The number of likely N-dealkylation sites (tertiary alicyclic amines) is 2. The SMILES string of the molecule is CC1CC(NC2CCCN(C(=O)OC(C)(C)C)C2)CN1C. The zero-order chi connectivity index (χ0) is 15.6. The molecule has 0 bridgehead atoms. The molecule has 2 aliphatic rings. The van der Waals surface area contributed by atoms with Gasteiger partial charge in [0.15, 0.2) is 0 Å². The van der Waals surface area contributed by atoms with Crippen molar-refractivity contribution in [2.24, 2.45) is 0 Å². The number of rotatable bonds is 2. The number of hydrogen-bond acceptors (Lipinski definition) is 4. The van der Waals surface area contributed by atoms with Crippen molar-refractivity contribution >= 4 is 6.09 Å². The van der Waals surface area contributed by atoms with Crippen LogP contribution in [0.4, 0.5) is 4.79 Å². The molecule has 1 amide bonds. The molecule has 0 radical (unpaired) electrons. The molecule has 0 aromatic heterocycles. The Morgan fingerprint density at radius 3 is 2.52 bits per heavy atom. The molecule has 2 aliphatic heterocycles. The second-order valence-corrected chi connectivity index (χ2v) is 7.65. The summed E-state index contributed by atoms with van der Waals surface area (Å²) in [6.07, 6.45) is 3.22. The summed E-state index contributed by atoms with van der Waals surface area (Å²) in [5.74, 6) is 0. The van der Waals surface area contributed by atoms with Crippen LogP contribution in [0.25, 0.3) is 0 Å². The number of carbonyl (C=O) groups is 1. The van der Waals surface area contributed by atoms with Gasteiger partial charge in [-0.15, -0.1) is 0 Å². The third-order valence-corrected chi connectivity index (χ3v) is 4.43. The van der Waals surface area contributed by atoms with Crippen molar-refractivity contribution in [3.8, 4) is 0 Å². The second kappa shape index (κ2) is 6.53. The van der Waals surface area contributed by atoms with Gasteiger partial charge < -0.3 is 19.9 Å². The van der Waals surface area contributed by atoms with Crippen LogP contribution >= 0.6 is 0 Å². The van der Waals surface area contributed by atoms with E-state index in [9.17, 15) is 4.79 Å². The highest BCUT2D eigenvalue weighted by molar-refractivity contribution is 5.68. The van der Waals surface area contributed by atoms with Gasteiger partial charge in [-0.05, 0) is 54.0 Å². The highest BCUT2D eigenvalue weighted by Crippen LogP contribution is 2.19. The third-order valence-electron chi connectivity index (χ3n) is 4.43. The van der Waals surface area contributed by atoms with E-state index in [1.54, 1.807) is 0 Å². The van der Waals surface area contributed by atoms with Crippen molar-refractivity contribution in [1.82, 2.24) is 15.1 Å². The molecule has 1 N–H and O–H groups in total. The Kier molecular flexibility index (Phi) is 5.15. The summed E-state index contributed by atoms with van der Waals surface area (Å²) < 4.78 is 5.48. The molecule has 122 valence electrons. The number of likely N-dealkylation sites (N-methyl/N-ethyl adjacent to an activating group) is 1. The highest BCUT2D eigenvalue weighted by Gasteiger charge is 2.31. The van der Waals surface area contributed by atoms with Crippen LogP contribution in [0.2, 0.25) is 0 Å². The lowest BCUT2D eigenvalue weighted by molar-refractivity contribution is 0.0183. The molecule has 21 heavy (non-hydrogen) atoms. The van der Waals surface area contributed by atoms with Gasteiger partial charge in [0.1, 0.15) is 5.60 Å². The summed E-state index contributed by atoms with van der Waals surface area (Å²) in [5, 5.41) is 3.74. The van der Waals surface area contributed by atoms with E-state index in [4.69, 9.17) is 4.74 Å². The van der Waals surface area contributed by atoms with E-state index in [2.05, 4.69) is 24.2 Å². The van der Waals surface area contributed by atoms with Gasteiger partial charge >= 0.3 is 6.09 Å². The smallest absolute Gasteiger partial charge is 0.410 e. The summed E-state index contributed by atoms with van der Waals surface area (Å²) in [7, 11) is 2.18. The van der Waals surface area contributed by atoms with Crippen molar-refractivity contribution in [1.29, 1.82) is 0 Å². The molecule has 5 nitrogen and oxygen atoms in total. The van der Waals surface area contributed by atoms with E-state index >= 15 is 0 Å². The van der Waals surface area contributed by atoms with Crippen LogP contribution in [0, 0.1) is 0 Å². The average molecular weight is 297 g/mol. The van der Waals surface area contributed by atoms with Crippen LogP contribution in [-0.2, 0) is 4.74 Å². The molecule has 2 rings (SSSR count). The number of carbonyl (C=O) groups excluding carboxylic acids is 1. The number of hydrogen-bond donors (Lipinski definition) is 1. The predicted octanol–water partition coefficient (Wildman–Crippen LogP) is 2.07. The maximum absolute atomic E-state index is 12.2. The van der Waals surface area contributed by atoms with Crippen molar-refractivity contribution in [2.75, 3.05) is 26.7 Å². The fraction of sp³-hybridized carbons (Fsp3) is 0.938. The number of nitrogens with one attached hydrogen (secondary N) is 1. The summed E-state index contributed by atoms with van der Waals surface area (Å²) in [5.41, 5.74) is -0.416. The van der Waals surface area contributed by atoms with Crippen LogP contribution in [-0.4, -0.2) is 66.3 Å². The lowest BCUT2D eigenvalue weighted by Crippen LogP contribution is -2.52. The Morgan fingerprint density at radius 2 is 1.95 bits per heavy atom. The van der Waals surface area contributed by atoms with Gasteiger partial charge in [0, 0.05) is 37.8 Å². The molecule has 0 aromatic rings. The molecule has 3 atom stereocenters. The molecule has 0 aliphatic carbocycles. The lowest BCUT2D eigenvalue weighted by atomic mass is 10.0.